The van der Waals surface area contributed by atoms with E-state index in [1.165, 1.54) is 107 Å². The summed E-state index contributed by atoms with van der Waals surface area (Å²) in [5.41, 5.74) is 7.41. The fraction of sp³-hybridized carbons (Fsp3) is 0.480. The molecule has 0 saturated carbocycles. The number of fused-ring (bicyclic) bond motifs is 3. The normalized spacial score (nSPS) is 12.2. The molecule has 1 heterocycles. The van der Waals surface area contributed by atoms with E-state index >= 15 is 0 Å². The average molecular weight is 870 g/mol. The first kappa shape index (κ1) is 43.1. The second-order valence-corrected chi connectivity index (χ2v) is 17.5. The van der Waals surface area contributed by atoms with Gasteiger partial charge >= 0.3 is 0 Å². The Labute approximate surface area is 348 Å². The molecule has 5 aromatic rings. The van der Waals surface area contributed by atoms with Gasteiger partial charge in [-0.2, -0.15) is 0 Å². The van der Waals surface area contributed by atoms with Crippen molar-refractivity contribution in [3.05, 3.63) is 115 Å². The quantitative estimate of drug-likeness (QED) is 0.0458. The number of rotatable bonds is 24. The van der Waals surface area contributed by atoms with Crippen LogP contribution in [0.15, 0.2) is 81.7 Å². The molecule has 4 aromatic carbocycles. The number of aryl methyl sites for hydroxylation is 2. The lowest BCUT2D eigenvalue weighted by molar-refractivity contribution is 0.103. The summed E-state index contributed by atoms with van der Waals surface area (Å²) < 4.78 is 4.01. The Balaban J connectivity index is 1.45. The van der Waals surface area contributed by atoms with Crippen LogP contribution in [0, 0.1) is 5.92 Å². The fourth-order valence-corrected chi connectivity index (χ4v) is 9.05. The molecule has 0 N–H and O–H groups in total. The lowest BCUT2D eigenvalue weighted by atomic mass is 9.97. The topological polar surface area (TPSA) is 39.1 Å². The van der Waals surface area contributed by atoms with Crippen LogP contribution in [-0.2, 0) is 19.4 Å². The van der Waals surface area contributed by atoms with E-state index in [-0.39, 0.29) is 11.6 Å². The summed E-state index contributed by atoms with van der Waals surface area (Å²) in [6.45, 7) is 9.93. The van der Waals surface area contributed by atoms with E-state index < -0.39 is 0 Å². The maximum atomic E-state index is 14.1. The standard InChI is InChI=1S/C50H63Br2NO2/c1-5-9-12-14-16-18-21-37-23-27-39(28-24-37)49(54)43-31-41-42-32-44(50(55)40-29-25-38(26-30-40)22-19-17-15-13-10-6-2)46(52)34-48(42)53(47(41)33-45(43)51)35-36(8-4)20-11-7-3/h23-34,36H,5-22,35H2,1-4H3. The SMILES string of the molecule is CCCCCCCCc1ccc(C(=O)c2cc3c4cc(C(=O)c5ccc(CCCCCCCC)cc5)c(Br)cc4n(CC(CC)CCCC)c3cc2Br)cc1. The molecule has 1 aromatic heterocycles. The average Bonchev–Trinajstić information content (AvgIpc) is 3.48. The van der Waals surface area contributed by atoms with Gasteiger partial charge in [0.05, 0.1) is 11.0 Å². The van der Waals surface area contributed by atoms with Crippen LogP contribution in [0.5, 0.6) is 0 Å². The van der Waals surface area contributed by atoms with Gasteiger partial charge in [-0.15, -0.1) is 0 Å². The Morgan fingerprint density at radius 2 is 0.927 bits per heavy atom. The van der Waals surface area contributed by atoms with E-state index in [0.717, 1.165) is 56.6 Å². The predicted octanol–water partition coefficient (Wildman–Crippen LogP) is 15.8. The minimum Gasteiger partial charge on any atom is -0.340 e. The largest absolute Gasteiger partial charge is 0.340 e. The van der Waals surface area contributed by atoms with Crippen LogP contribution >= 0.6 is 31.9 Å². The van der Waals surface area contributed by atoms with Gasteiger partial charge in [0.1, 0.15) is 0 Å². The number of hydrogen-bond donors (Lipinski definition) is 0. The number of aromatic nitrogens is 1. The molecule has 0 aliphatic rings. The zero-order valence-electron chi connectivity index (χ0n) is 34.0. The summed E-state index contributed by atoms with van der Waals surface area (Å²) in [7, 11) is 0. The van der Waals surface area contributed by atoms with Crippen LogP contribution in [0.2, 0.25) is 0 Å². The molecule has 0 fully saturated rings. The predicted molar refractivity (Wildman–Crippen MR) is 242 cm³/mol. The number of carbonyl (C=O) groups excluding carboxylic acids is 2. The molecule has 0 aliphatic heterocycles. The number of unbranched alkanes of at least 4 members (excludes halogenated alkanes) is 11. The third kappa shape index (κ3) is 11.5. The van der Waals surface area contributed by atoms with Gasteiger partial charge in [-0.3, -0.25) is 9.59 Å². The number of nitrogens with zero attached hydrogens (tertiary/aromatic N) is 1. The Kier molecular flexibility index (Phi) is 17.3. The van der Waals surface area contributed by atoms with Gasteiger partial charge in [0.15, 0.2) is 11.6 Å². The van der Waals surface area contributed by atoms with Gasteiger partial charge in [-0.1, -0.05) is 160 Å². The third-order valence-electron chi connectivity index (χ3n) is 11.6. The molecule has 0 amide bonds. The minimum absolute atomic E-state index is 0.00429. The van der Waals surface area contributed by atoms with Gasteiger partial charge in [0, 0.05) is 48.5 Å². The number of hydrogen-bond acceptors (Lipinski definition) is 2. The molecule has 55 heavy (non-hydrogen) atoms. The lowest BCUT2D eigenvalue weighted by Crippen LogP contribution is -2.10. The molecule has 0 bridgehead atoms. The zero-order chi connectivity index (χ0) is 39.2. The molecule has 0 saturated heterocycles. The van der Waals surface area contributed by atoms with Gasteiger partial charge in [0.25, 0.3) is 0 Å². The van der Waals surface area contributed by atoms with Crippen LogP contribution in [0.3, 0.4) is 0 Å². The molecular formula is C50H63Br2NO2. The Bertz CT molecular complexity index is 1850. The van der Waals surface area contributed by atoms with Crippen LogP contribution in [0.4, 0.5) is 0 Å². The fourth-order valence-electron chi connectivity index (χ4n) is 8.03. The number of halogens is 2. The summed E-state index contributed by atoms with van der Waals surface area (Å²) in [5, 5.41) is 2.00. The smallest absolute Gasteiger partial charge is 0.194 e. The van der Waals surface area contributed by atoms with Gasteiger partial charge in [-0.05, 0) is 105 Å². The molecular weight excluding hydrogens is 806 g/mol. The van der Waals surface area contributed by atoms with Crippen molar-refractivity contribution in [2.75, 3.05) is 0 Å². The summed E-state index contributed by atoms with van der Waals surface area (Å²) in [4.78, 5) is 28.3. The minimum atomic E-state index is 0.00429. The Morgan fingerprint density at radius 1 is 0.527 bits per heavy atom. The maximum absolute atomic E-state index is 14.1. The van der Waals surface area contributed by atoms with E-state index in [2.05, 4.69) is 113 Å². The molecule has 5 heteroatoms. The molecule has 0 radical (unpaired) electrons. The summed E-state index contributed by atoms with van der Waals surface area (Å²) in [6.07, 6.45) is 22.1. The summed E-state index contributed by atoms with van der Waals surface area (Å²) in [6, 6.07) is 24.8. The van der Waals surface area contributed by atoms with Crippen molar-refractivity contribution in [2.45, 2.75) is 150 Å². The monoisotopic (exact) mass is 867 g/mol. The van der Waals surface area contributed by atoms with Gasteiger partial charge in [0.2, 0.25) is 0 Å². The van der Waals surface area contributed by atoms with Crippen molar-refractivity contribution in [1.82, 2.24) is 4.57 Å². The summed E-state index contributed by atoms with van der Waals surface area (Å²) in [5.74, 6) is 0.540. The van der Waals surface area contributed by atoms with Crippen LogP contribution in [0.25, 0.3) is 21.8 Å². The highest BCUT2D eigenvalue weighted by Gasteiger charge is 2.23. The molecule has 1 unspecified atom stereocenters. The Morgan fingerprint density at radius 3 is 1.33 bits per heavy atom. The molecule has 0 aliphatic carbocycles. The summed E-state index contributed by atoms with van der Waals surface area (Å²) >= 11 is 7.65. The number of ketones is 2. The molecule has 5 rings (SSSR count). The van der Waals surface area contributed by atoms with Crippen molar-refractivity contribution in [1.29, 1.82) is 0 Å². The molecule has 294 valence electrons. The molecule has 1 atom stereocenters. The van der Waals surface area contributed by atoms with Crippen molar-refractivity contribution in [2.24, 2.45) is 5.92 Å². The first-order chi connectivity index (χ1) is 26.8. The van der Waals surface area contributed by atoms with Crippen LogP contribution < -0.4 is 0 Å². The van der Waals surface area contributed by atoms with E-state index in [9.17, 15) is 9.59 Å². The second kappa shape index (κ2) is 22.1. The molecule has 0 spiro atoms. The first-order valence-corrected chi connectivity index (χ1v) is 23.1. The van der Waals surface area contributed by atoms with Gasteiger partial charge in [-0.25, -0.2) is 0 Å². The highest BCUT2D eigenvalue weighted by molar-refractivity contribution is 9.10. The lowest BCUT2D eigenvalue weighted by Gasteiger charge is -2.18. The van der Waals surface area contributed by atoms with Crippen LogP contribution in [0.1, 0.15) is 173 Å². The highest BCUT2D eigenvalue weighted by atomic mass is 79.9. The van der Waals surface area contributed by atoms with E-state index in [0.29, 0.717) is 28.2 Å². The Hall–Kier alpha value is -3.02. The second-order valence-electron chi connectivity index (χ2n) is 15.8. The van der Waals surface area contributed by atoms with E-state index in [1.54, 1.807) is 0 Å². The van der Waals surface area contributed by atoms with Crippen molar-refractivity contribution in [3.63, 3.8) is 0 Å². The van der Waals surface area contributed by atoms with Crippen molar-refractivity contribution >= 4 is 65.2 Å². The third-order valence-corrected chi connectivity index (χ3v) is 12.9. The van der Waals surface area contributed by atoms with Crippen LogP contribution in [-0.4, -0.2) is 16.1 Å². The maximum Gasteiger partial charge on any atom is 0.194 e. The highest BCUT2D eigenvalue weighted by Crippen LogP contribution is 2.38. The first-order valence-electron chi connectivity index (χ1n) is 21.5. The van der Waals surface area contributed by atoms with Crippen molar-refractivity contribution in [3.8, 4) is 0 Å². The number of benzene rings is 4. The van der Waals surface area contributed by atoms with Crippen molar-refractivity contribution < 1.29 is 9.59 Å². The molecule has 3 nitrogen and oxygen atoms in total. The van der Waals surface area contributed by atoms with E-state index in [1.807, 2.05) is 24.3 Å². The zero-order valence-corrected chi connectivity index (χ0v) is 37.1. The number of carbonyl (C=O) groups is 2. The van der Waals surface area contributed by atoms with E-state index in [4.69, 9.17) is 0 Å². The van der Waals surface area contributed by atoms with Gasteiger partial charge < -0.3 is 4.57 Å².